The van der Waals surface area contributed by atoms with Gasteiger partial charge in [-0.05, 0) is 26.0 Å². The van der Waals surface area contributed by atoms with Crippen molar-refractivity contribution in [3.05, 3.63) is 50.0 Å². The second-order valence-corrected chi connectivity index (χ2v) is 6.36. The van der Waals surface area contributed by atoms with Gasteiger partial charge in [0, 0.05) is 24.1 Å². The number of benzene rings is 1. The number of hydrogen-bond donors (Lipinski definition) is 1. The fourth-order valence-electron chi connectivity index (χ4n) is 2.23. The van der Waals surface area contributed by atoms with Crippen LogP contribution in [0.25, 0.3) is 0 Å². The van der Waals surface area contributed by atoms with E-state index in [1.54, 1.807) is 25.6 Å². The monoisotopic (exact) mass is 350 g/mol. The number of aryl methyl sites for hydroxylation is 2. The summed E-state index contributed by atoms with van der Waals surface area (Å²) in [6, 6.07) is 2.42. The van der Waals surface area contributed by atoms with Crippen molar-refractivity contribution < 1.29 is 9.50 Å². The van der Waals surface area contributed by atoms with Crippen LogP contribution in [0.4, 0.5) is 4.39 Å². The van der Waals surface area contributed by atoms with Crippen LogP contribution in [0.2, 0.25) is 15.1 Å². The predicted octanol–water partition coefficient (Wildman–Crippen LogP) is 4.28. The number of rotatable bonds is 3. The van der Waals surface area contributed by atoms with Gasteiger partial charge in [-0.15, -0.1) is 0 Å². The fraction of sp³-hybridized carbons (Fsp3) is 0.357. The van der Waals surface area contributed by atoms with E-state index in [0.717, 1.165) is 6.07 Å². The summed E-state index contributed by atoms with van der Waals surface area (Å²) in [4.78, 5) is 0. The molecule has 0 aliphatic heterocycles. The molecule has 21 heavy (non-hydrogen) atoms. The lowest BCUT2D eigenvalue weighted by molar-refractivity contribution is 0.0554. The van der Waals surface area contributed by atoms with Crippen LogP contribution in [0.3, 0.4) is 0 Å². The van der Waals surface area contributed by atoms with Crippen LogP contribution in [-0.2, 0) is 19.1 Å². The summed E-state index contributed by atoms with van der Waals surface area (Å²) >= 11 is 17.9. The summed E-state index contributed by atoms with van der Waals surface area (Å²) in [7, 11) is 1.73. The molecular formula is C14H14Cl3FN2O. The molecule has 0 radical (unpaired) electrons. The van der Waals surface area contributed by atoms with Gasteiger partial charge in [-0.1, -0.05) is 34.8 Å². The highest BCUT2D eigenvalue weighted by Crippen LogP contribution is 2.35. The summed E-state index contributed by atoms with van der Waals surface area (Å²) in [5, 5.41) is 15.5. The first-order valence-corrected chi connectivity index (χ1v) is 7.32. The Morgan fingerprint density at radius 3 is 2.43 bits per heavy atom. The Labute approximate surface area is 137 Å². The van der Waals surface area contributed by atoms with Crippen molar-refractivity contribution in [3.63, 3.8) is 0 Å². The Hall–Kier alpha value is -0.810. The van der Waals surface area contributed by atoms with Gasteiger partial charge in [0.1, 0.15) is 5.82 Å². The van der Waals surface area contributed by atoms with Crippen LogP contribution >= 0.6 is 34.8 Å². The molecule has 0 aliphatic carbocycles. The van der Waals surface area contributed by atoms with Crippen molar-refractivity contribution in [2.75, 3.05) is 0 Å². The first kappa shape index (κ1) is 16.6. The average Bonchev–Trinajstić information content (AvgIpc) is 2.60. The number of aromatic nitrogens is 2. The van der Waals surface area contributed by atoms with Crippen LogP contribution in [-0.4, -0.2) is 14.9 Å². The summed E-state index contributed by atoms with van der Waals surface area (Å²) < 4.78 is 15.2. The number of aliphatic hydroxyl groups is 1. The maximum atomic E-state index is 13.6. The molecule has 0 amide bonds. The van der Waals surface area contributed by atoms with E-state index in [0.29, 0.717) is 16.4 Å². The van der Waals surface area contributed by atoms with Crippen LogP contribution in [0.5, 0.6) is 0 Å². The molecule has 1 unspecified atom stereocenters. The van der Waals surface area contributed by atoms with Gasteiger partial charge in [0.05, 0.1) is 27.0 Å². The highest BCUT2D eigenvalue weighted by atomic mass is 35.5. The van der Waals surface area contributed by atoms with Crippen LogP contribution in [0, 0.1) is 12.7 Å². The van der Waals surface area contributed by atoms with Crippen LogP contribution in [0.15, 0.2) is 12.1 Å². The third-order valence-corrected chi connectivity index (χ3v) is 4.46. The second-order valence-electron chi connectivity index (χ2n) is 5.17. The van der Waals surface area contributed by atoms with E-state index in [-0.39, 0.29) is 22.0 Å². The van der Waals surface area contributed by atoms with Crippen LogP contribution in [0.1, 0.15) is 23.9 Å². The van der Waals surface area contributed by atoms with Crippen molar-refractivity contribution in [2.45, 2.75) is 25.9 Å². The van der Waals surface area contributed by atoms with Gasteiger partial charge < -0.3 is 5.11 Å². The Bertz CT molecular complexity index is 698. The topological polar surface area (TPSA) is 38.0 Å². The molecule has 2 rings (SSSR count). The van der Waals surface area contributed by atoms with Gasteiger partial charge in [-0.3, -0.25) is 4.68 Å². The average molecular weight is 352 g/mol. The van der Waals surface area contributed by atoms with Gasteiger partial charge in [0.25, 0.3) is 0 Å². The second kappa shape index (κ2) is 5.76. The summed E-state index contributed by atoms with van der Waals surface area (Å²) in [5.41, 5.74) is 0.150. The Balaban J connectivity index is 2.45. The molecule has 1 aromatic carbocycles. The van der Waals surface area contributed by atoms with Crippen LogP contribution < -0.4 is 0 Å². The van der Waals surface area contributed by atoms with E-state index in [1.807, 2.05) is 0 Å². The summed E-state index contributed by atoms with van der Waals surface area (Å²) in [5.74, 6) is -0.636. The van der Waals surface area contributed by atoms with Gasteiger partial charge in [0.15, 0.2) is 0 Å². The minimum Gasteiger partial charge on any atom is -0.385 e. The van der Waals surface area contributed by atoms with Crippen molar-refractivity contribution in [1.82, 2.24) is 9.78 Å². The maximum absolute atomic E-state index is 13.6. The predicted molar refractivity (Wildman–Crippen MR) is 82.6 cm³/mol. The Morgan fingerprint density at radius 2 is 1.90 bits per heavy atom. The van der Waals surface area contributed by atoms with E-state index in [9.17, 15) is 9.50 Å². The molecule has 1 aromatic heterocycles. The molecule has 0 bridgehead atoms. The lowest BCUT2D eigenvalue weighted by atomic mass is 9.90. The SMILES string of the molecule is Cc1nn(C)c(CC(C)(O)c2cc(F)c(Cl)cc2Cl)c1Cl. The van der Waals surface area contributed by atoms with Gasteiger partial charge >= 0.3 is 0 Å². The Morgan fingerprint density at radius 1 is 1.29 bits per heavy atom. The van der Waals surface area contributed by atoms with E-state index < -0.39 is 11.4 Å². The maximum Gasteiger partial charge on any atom is 0.142 e. The minimum atomic E-state index is -1.41. The van der Waals surface area contributed by atoms with Gasteiger partial charge in [-0.2, -0.15) is 5.10 Å². The van der Waals surface area contributed by atoms with Crippen molar-refractivity contribution in [1.29, 1.82) is 0 Å². The molecule has 1 atom stereocenters. The normalized spacial score (nSPS) is 14.3. The van der Waals surface area contributed by atoms with Crippen molar-refractivity contribution >= 4 is 34.8 Å². The highest BCUT2D eigenvalue weighted by molar-refractivity contribution is 6.35. The lowest BCUT2D eigenvalue weighted by Crippen LogP contribution is -2.26. The fourth-order valence-corrected chi connectivity index (χ4v) is 3.04. The summed E-state index contributed by atoms with van der Waals surface area (Å²) in [6.45, 7) is 3.32. The van der Waals surface area contributed by atoms with E-state index in [2.05, 4.69) is 5.10 Å². The molecule has 2 aromatic rings. The molecule has 114 valence electrons. The highest BCUT2D eigenvalue weighted by Gasteiger charge is 2.30. The molecule has 0 saturated carbocycles. The lowest BCUT2D eigenvalue weighted by Gasteiger charge is -2.25. The van der Waals surface area contributed by atoms with Gasteiger partial charge in [-0.25, -0.2) is 4.39 Å². The first-order chi connectivity index (χ1) is 9.63. The van der Waals surface area contributed by atoms with E-state index in [4.69, 9.17) is 34.8 Å². The van der Waals surface area contributed by atoms with E-state index in [1.165, 1.54) is 6.07 Å². The van der Waals surface area contributed by atoms with Crippen molar-refractivity contribution in [2.24, 2.45) is 7.05 Å². The third-order valence-electron chi connectivity index (χ3n) is 3.36. The Kier molecular flexibility index (Phi) is 4.54. The molecule has 7 heteroatoms. The first-order valence-electron chi connectivity index (χ1n) is 6.19. The quantitative estimate of drug-likeness (QED) is 0.838. The molecule has 0 spiro atoms. The molecule has 0 saturated heterocycles. The molecule has 0 fully saturated rings. The molecule has 3 nitrogen and oxygen atoms in total. The summed E-state index contributed by atoms with van der Waals surface area (Å²) in [6.07, 6.45) is 0.143. The molecule has 1 N–H and O–H groups in total. The minimum absolute atomic E-state index is 0.0889. The number of nitrogens with zero attached hydrogens (tertiary/aromatic N) is 2. The molecule has 0 aliphatic rings. The zero-order valence-corrected chi connectivity index (χ0v) is 14.0. The van der Waals surface area contributed by atoms with E-state index >= 15 is 0 Å². The molecule has 1 heterocycles. The zero-order chi connectivity index (χ0) is 15.9. The third kappa shape index (κ3) is 3.19. The van der Waals surface area contributed by atoms with Gasteiger partial charge in [0.2, 0.25) is 0 Å². The molecular weight excluding hydrogens is 338 g/mol. The standard InChI is InChI=1S/C14H14Cl3FN2O/c1-7-13(17)12(20(3)19-7)6-14(2,21)8-4-11(18)10(16)5-9(8)15/h4-5,21H,6H2,1-3H3. The van der Waals surface area contributed by atoms with Crippen molar-refractivity contribution in [3.8, 4) is 0 Å². The largest absolute Gasteiger partial charge is 0.385 e. The smallest absolute Gasteiger partial charge is 0.142 e. The zero-order valence-electron chi connectivity index (χ0n) is 11.7. The number of halogens is 4. The number of hydrogen-bond acceptors (Lipinski definition) is 2.